The number of hydrogen-bond donors (Lipinski definition) is 0. The molecule has 1 unspecified atom stereocenters. The molecule has 0 fully saturated rings. The van der Waals surface area contributed by atoms with E-state index in [0.29, 0.717) is 26.2 Å². The van der Waals surface area contributed by atoms with Crippen LogP contribution in [0.2, 0.25) is 0 Å². The third-order valence-electron chi connectivity index (χ3n) is 4.65. The summed E-state index contributed by atoms with van der Waals surface area (Å²) >= 11 is 0. The molecule has 0 aromatic carbocycles. The zero-order chi connectivity index (χ0) is 19.2. The van der Waals surface area contributed by atoms with Crippen molar-refractivity contribution in [3.8, 4) is 0 Å². The van der Waals surface area contributed by atoms with E-state index < -0.39 is 11.5 Å². The topological polar surface area (TPSA) is 57.1 Å². The van der Waals surface area contributed by atoms with Gasteiger partial charge in [0.2, 0.25) is 6.08 Å². The van der Waals surface area contributed by atoms with Crippen LogP contribution in [-0.2, 0) is 19.0 Å². The standard InChI is InChI=1S/C20H39NO4/c1-7-11-12-13-14-15-16-19(18(5)6,21-17-22)20(23-8-2,24-9-3)25-10-4/h18H,7-16H2,1-6H3. The fourth-order valence-electron chi connectivity index (χ4n) is 3.38. The van der Waals surface area contributed by atoms with Crippen molar-refractivity contribution < 1.29 is 19.0 Å². The van der Waals surface area contributed by atoms with E-state index in [1.54, 1.807) is 6.08 Å². The Bertz CT molecular complexity index is 363. The summed E-state index contributed by atoms with van der Waals surface area (Å²) < 4.78 is 17.9. The fourth-order valence-corrected chi connectivity index (χ4v) is 3.38. The van der Waals surface area contributed by atoms with Gasteiger partial charge in [0.25, 0.3) is 0 Å². The molecule has 5 nitrogen and oxygen atoms in total. The normalized spacial score (nSPS) is 14.4. The van der Waals surface area contributed by atoms with E-state index in [1.165, 1.54) is 25.7 Å². The highest BCUT2D eigenvalue weighted by molar-refractivity contribution is 5.36. The minimum absolute atomic E-state index is 0.00856. The lowest BCUT2D eigenvalue weighted by molar-refractivity contribution is -0.411. The molecule has 0 aliphatic heterocycles. The Morgan fingerprint density at radius 3 is 1.72 bits per heavy atom. The molecule has 0 N–H and O–H groups in total. The first-order chi connectivity index (χ1) is 12.0. The average Bonchev–Trinajstić information content (AvgIpc) is 2.57. The van der Waals surface area contributed by atoms with Gasteiger partial charge in [-0.3, -0.25) is 0 Å². The van der Waals surface area contributed by atoms with Crippen molar-refractivity contribution in [2.45, 2.75) is 98.0 Å². The Labute approximate surface area is 154 Å². The Hall–Kier alpha value is -0.740. The molecule has 0 aliphatic rings. The molecule has 0 spiro atoms. The summed E-state index contributed by atoms with van der Waals surface area (Å²) in [6.07, 6.45) is 9.42. The summed E-state index contributed by atoms with van der Waals surface area (Å²) in [5, 5.41) is 0. The van der Waals surface area contributed by atoms with Gasteiger partial charge in [0.15, 0.2) is 5.54 Å². The van der Waals surface area contributed by atoms with Crippen LogP contribution in [0, 0.1) is 5.92 Å². The van der Waals surface area contributed by atoms with Crippen molar-refractivity contribution in [2.24, 2.45) is 10.9 Å². The highest BCUT2D eigenvalue weighted by Crippen LogP contribution is 2.43. The monoisotopic (exact) mass is 357 g/mol. The van der Waals surface area contributed by atoms with E-state index in [1.807, 2.05) is 34.6 Å². The lowest BCUT2D eigenvalue weighted by Crippen LogP contribution is -2.61. The van der Waals surface area contributed by atoms with E-state index in [4.69, 9.17) is 14.2 Å². The number of aliphatic imine (C=N–C) groups is 1. The second-order valence-corrected chi connectivity index (χ2v) is 6.66. The Morgan fingerprint density at radius 2 is 1.32 bits per heavy atom. The van der Waals surface area contributed by atoms with E-state index in [-0.39, 0.29) is 5.92 Å². The largest absolute Gasteiger partial charge is 0.326 e. The number of isocyanates is 1. The summed E-state index contributed by atoms with van der Waals surface area (Å²) in [7, 11) is 0. The lowest BCUT2D eigenvalue weighted by Gasteiger charge is -2.47. The predicted octanol–water partition coefficient (Wildman–Crippen LogP) is 5.23. The van der Waals surface area contributed by atoms with E-state index in [2.05, 4.69) is 11.9 Å². The van der Waals surface area contributed by atoms with Gasteiger partial charge in [0.1, 0.15) is 0 Å². The van der Waals surface area contributed by atoms with Gasteiger partial charge in [-0.05, 0) is 33.1 Å². The number of rotatable bonds is 16. The van der Waals surface area contributed by atoms with Crippen molar-refractivity contribution in [3.63, 3.8) is 0 Å². The van der Waals surface area contributed by atoms with E-state index >= 15 is 0 Å². The van der Waals surface area contributed by atoms with Gasteiger partial charge < -0.3 is 14.2 Å². The van der Waals surface area contributed by atoms with Crippen molar-refractivity contribution in [1.29, 1.82) is 0 Å². The fraction of sp³-hybridized carbons (Fsp3) is 0.950. The van der Waals surface area contributed by atoms with E-state index in [9.17, 15) is 4.79 Å². The van der Waals surface area contributed by atoms with Crippen molar-refractivity contribution in [3.05, 3.63) is 0 Å². The molecule has 0 radical (unpaired) electrons. The Balaban J connectivity index is 5.53. The molecule has 0 bridgehead atoms. The quantitative estimate of drug-likeness (QED) is 0.164. The SMILES string of the molecule is CCCCCCCCC(N=C=O)(C(C)C)C(OCC)(OCC)OCC. The minimum Gasteiger partial charge on any atom is -0.326 e. The summed E-state index contributed by atoms with van der Waals surface area (Å²) in [6.45, 7) is 13.2. The van der Waals surface area contributed by atoms with Crippen LogP contribution in [0.25, 0.3) is 0 Å². The minimum atomic E-state index is -1.35. The van der Waals surface area contributed by atoms with Crippen LogP contribution < -0.4 is 0 Å². The van der Waals surface area contributed by atoms with Crippen LogP contribution in [0.4, 0.5) is 0 Å². The molecular formula is C20H39NO4. The third-order valence-corrected chi connectivity index (χ3v) is 4.65. The van der Waals surface area contributed by atoms with Gasteiger partial charge in [-0.15, -0.1) is 0 Å². The molecule has 0 aromatic heterocycles. The van der Waals surface area contributed by atoms with Crippen LogP contribution in [0.15, 0.2) is 4.99 Å². The summed E-state index contributed by atoms with van der Waals surface area (Å²) in [5.74, 6) is -1.34. The van der Waals surface area contributed by atoms with Gasteiger partial charge in [-0.25, -0.2) is 4.79 Å². The average molecular weight is 358 g/mol. The molecule has 0 aromatic rings. The predicted molar refractivity (Wildman–Crippen MR) is 101 cm³/mol. The molecule has 0 heterocycles. The summed E-state index contributed by atoms with van der Waals surface area (Å²) in [4.78, 5) is 15.5. The Kier molecular flexibility index (Phi) is 13.1. The maximum absolute atomic E-state index is 11.3. The first-order valence-corrected chi connectivity index (χ1v) is 10.0. The van der Waals surface area contributed by atoms with Gasteiger partial charge in [0, 0.05) is 19.8 Å². The zero-order valence-corrected chi connectivity index (χ0v) is 17.2. The molecule has 0 amide bonds. The highest BCUT2D eigenvalue weighted by atomic mass is 16.9. The summed E-state index contributed by atoms with van der Waals surface area (Å²) in [6, 6.07) is 0. The van der Waals surface area contributed by atoms with Crippen LogP contribution in [-0.4, -0.2) is 37.4 Å². The maximum Gasteiger partial charge on any atom is 0.310 e. The van der Waals surface area contributed by atoms with E-state index in [0.717, 1.165) is 12.8 Å². The molecular weight excluding hydrogens is 318 g/mol. The maximum atomic E-state index is 11.3. The smallest absolute Gasteiger partial charge is 0.310 e. The summed E-state index contributed by atoms with van der Waals surface area (Å²) in [5.41, 5.74) is -0.901. The Morgan fingerprint density at radius 1 is 0.840 bits per heavy atom. The van der Waals surface area contributed by atoms with Crippen LogP contribution >= 0.6 is 0 Å². The number of ether oxygens (including phenoxy) is 3. The second-order valence-electron chi connectivity index (χ2n) is 6.66. The van der Waals surface area contributed by atoms with Crippen LogP contribution in [0.1, 0.15) is 86.5 Å². The van der Waals surface area contributed by atoms with Gasteiger partial charge >= 0.3 is 5.97 Å². The number of nitrogens with zero attached hydrogens (tertiary/aromatic N) is 1. The molecule has 0 saturated carbocycles. The number of unbranched alkanes of at least 4 members (excludes halogenated alkanes) is 5. The third kappa shape index (κ3) is 6.82. The lowest BCUT2D eigenvalue weighted by atomic mass is 9.79. The first kappa shape index (κ1) is 24.3. The molecule has 5 heteroatoms. The van der Waals surface area contributed by atoms with Gasteiger partial charge in [-0.2, -0.15) is 4.99 Å². The second kappa shape index (κ2) is 13.5. The van der Waals surface area contributed by atoms with Crippen LogP contribution in [0.3, 0.4) is 0 Å². The van der Waals surface area contributed by atoms with Gasteiger partial charge in [-0.1, -0.05) is 59.3 Å². The van der Waals surface area contributed by atoms with Crippen molar-refractivity contribution in [1.82, 2.24) is 0 Å². The molecule has 25 heavy (non-hydrogen) atoms. The van der Waals surface area contributed by atoms with Gasteiger partial charge in [0.05, 0.1) is 0 Å². The molecule has 148 valence electrons. The molecule has 0 aliphatic carbocycles. The number of carbonyl (C=O) groups excluding carboxylic acids is 1. The number of hydrogen-bond acceptors (Lipinski definition) is 5. The van der Waals surface area contributed by atoms with Crippen LogP contribution in [0.5, 0.6) is 0 Å². The molecule has 1 atom stereocenters. The highest BCUT2D eigenvalue weighted by Gasteiger charge is 2.57. The van der Waals surface area contributed by atoms with Crippen molar-refractivity contribution >= 4 is 6.08 Å². The van der Waals surface area contributed by atoms with Crippen molar-refractivity contribution in [2.75, 3.05) is 19.8 Å². The molecule has 0 saturated heterocycles. The zero-order valence-electron chi connectivity index (χ0n) is 17.2. The molecule has 0 rings (SSSR count). The first-order valence-electron chi connectivity index (χ1n) is 10.0.